The molecule has 1 aromatic heterocycles. The van der Waals surface area contributed by atoms with Gasteiger partial charge in [0.2, 0.25) is 0 Å². The Bertz CT molecular complexity index is 1210. The van der Waals surface area contributed by atoms with Crippen LogP contribution in [0.4, 0.5) is 14.5 Å². The summed E-state index contributed by atoms with van der Waals surface area (Å²) in [5, 5.41) is 0. The van der Waals surface area contributed by atoms with E-state index in [1.807, 2.05) is 31.5 Å². The van der Waals surface area contributed by atoms with Gasteiger partial charge in [-0.3, -0.25) is 19.6 Å². The molecular weight excluding hydrogens is 472 g/mol. The van der Waals surface area contributed by atoms with E-state index in [9.17, 15) is 13.6 Å². The fraction of sp³-hybridized carbons (Fsp3) is 0.345. The Kier molecular flexibility index (Phi) is 7.02. The molecule has 1 saturated heterocycles. The fourth-order valence-electron chi connectivity index (χ4n) is 5.36. The number of amides is 1. The Morgan fingerprint density at radius 3 is 1.95 bits per heavy atom. The predicted octanol–water partition coefficient (Wildman–Crippen LogP) is 4.46. The summed E-state index contributed by atoms with van der Waals surface area (Å²) in [6.45, 7) is 8.31. The molecule has 2 aromatic carbocycles. The minimum Gasteiger partial charge on any atom is -0.369 e. The number of anilines is 1. The summed E-state index contributed by atoms with van der Waals surface area (Å²) in [5.41, 5.74) is 0.959. The first-order chi connectivity index (χ1) is 17.9. The van der Waals surface area contributed by atoms with Gasteiger partial charge in [-0.25, -0.2) is 13.8 Å². The summed E-state index contributed by atoms with van der Waals surface area (Å²) in [5.74, 6) is -0.371. The van der Waals surface area contributed by atoms with Crippen LogP contribution in [0.15, 0.2) is 78.0 Å². The van der Waals surface area contributed by atoms with Gasteiger partial charge in [-0.15, -0.1) is 0 Å². The van der Waals surface area contributed by atoms with E-state index < -0.39 is 5.54 Å². The van der Waals surface area contributed by atoms with E-state index in [0.717, 1.165) is 32.6 Å². The number of amidine groups is 1. The smallest absolute Gasteiger partial charge is 0.265 e. The summed E-state index contributed by atoms with van der Waals surface area (Å²) in [4.78, 5) is 29.5. The average Bonchev–Trinajstić information content (AvgIpc) is 3.18. The lowest BCUT2D eigenvalue weighted by molar-refractivity contribution is -0.130. The fourth-order valence-corrected chi connectivity index (χ4v) is 5.36. The Hall–Kier alpha value is -3.65. The van der Waals surface area contributed by atoms with Crippen LogP contribution in [0.25, 0.3) is 0 Å². The van der Waals surface area contributed by atoms with E-state index >= 15 is 0 Å². The molecule has 192 valence electrons. The van der Waals surface area contributed by atoms with E-state index in [1.165, 1.54) is 30.0 Å². The van der Waals surface area contributed by atoms with Crippen LogP contribution in [-0.4, -0.2) is 65.3 Å². The van der Waals surface area contributed by atoms with Crippen LogP contribution < -0.4 is 4.90 Å². The third kappa shape index (κ3) is 4.85. The zero-order chi connectivity index (χ0) is 26.0. The van der Waals surface area contributed by atoms with Crippen LogP contribution in [0, 0.1) is 11.6 Å². The molecule has 1 fully saturated rings. The SMILES string of the molecule is CC1=NC(c2ccc(F)cc2)(c2ccc(F)cc2)C(=O)N1CCC(C)N1CCN(c2ccncc2)CC1. The number of nitrogens with zero attached hydrogens (tertiary/aromatic N) is 5. The molecule has 3 aromatic rings. The zero-order valence-electron chi connectivity index (χ0n) is 21.1. The van der Waals surface area contributed by atoms with Crippen molar-refractivity contribution in [1.82, 2.24) is 14.8 Å². The molecule has 37 heavy (non-hydrogen) atoms. The Labute approximate surface area is 216 Å². The number of aliphatic imine (C=N–C) groups is 1. The second-order valence-corrected chi connectivity index (χ2v) is 9.71. The number of piperazine rings is 1. The van der Waals surface area contributed by atoms with Gasteiger partial charge < -0.3 is 4.90 Å². The van der Waals surface area contributed by atoms with Crippen molar-refractivity contribution in [3.8, 4) is 0 Å². The second kappa shape index (κ2) is 10.4. The van der Waals surface area contributed by atoms with Gasteiger partial charge in [0.1, 0.15) is 17.5 Å². The van der Waals surface area contributed by atoms with Crippen molar-refractivity contribution < 1.29 is 13.6 Å². The Morgan fingerprint density at radius 2 is 1.41 bits per heavy atom. The lowest BCUT2D eigenvalue weighted by atomic mass is 9.82. The van der Waals surface area contributed by atoms with Crippen LogP contribution in [0.3, 0.4) is 0 Å². The number of benzene rings is 2. The van der Waals surface area contributed by atoms with Crippen molar-refractivity contribution >= 4 is 17.4 Å². The number of halogens is 2. The third-order valence-corrected chi connectivity index (χ3v) is 7.53. The van der Waals surface area contributed by atoms with Crippen LogP contribution >= 0.6 is 0 Å². The minimum absolute atomic E-state index is 0.196. The molecule has 6 nitrogen and oxygen atoms in total. The third-order valence-electron chi connectivity index (χ3n) is 7.53. The molecule has 5 rings (SSSR count). The number of pyridine rings is 1. The molecule has 0 spiro atoms. The molecule has 2 aliphatic heterocycles. The summed E-state index contributed by atoms with van der Waals surface area (Å²) in [6, 6.07) is 16.0. The first-order valence-corrected chi connectivity index (χ1v) is 12.7. The highest BCUT2D eigenvalue weighted by Crippen LogP contribution is 2.40. The molecule has 0 bridgehead atoms. The highest BCUT2D eigenvalue weighted by atomic mass is 19.1. The van der Waals surface area contributed by atoms with Crippen molar-refractivity contribution in [1.29, 1.82) is 0 Å². The van der Waals surface area contributed by atoms with Gasteiger partial charge in [-0.1, -0.05) is 24.3 Å². The maximum absolute atomic E-state index is 14.0. The summed E-state index contributed by atoms with van der Waals surface area (Å²) < 4.78 is 27.4. The lowest BCUT2D eigenvalue weighted by Crippen LogP contribution is -2.50. The van der Waals surface area contributed by atoms with Crippen LogP contribution in [0.1, 0.15) is 31.4 Å². The van der Waals surface area contributed by atoms with Crippen LogP contribution in [-0.2, 0) is 10.3 Å². The summed E-state index contributed by atoms with van der Waals surface area (Å²) in [7, 11) is 0. The van der Waals surface area contributed by atoms with Gasteiger partial charge in [0.05, 0.1) is 0 Å². The Balaban J connectivity index is 1.29. The first kappa shape index (κ1) is 25.0. The molecule has 0 radical (unpaired) electrons. The van der Waals surface area contributed by atoms with Crippen molar-refractivity contribution in [3.63, 3.8) is 0 Å². The molecule has 3 heterocycles. The average molecular weight is 504 g/mol. The molecule has 8 heteroatoms. The number of aromatic nitrogens is 1. The highest BCUT2D eigenvalue weighted by Gasteiger charge is 2.50. The largest absolute Gasteiger partial charge is 0.369 e. The predicted molar refractivity (Wildman–Crippen MR) is 141 cm³/mol. The van der Waals surface area contributed by atoms with Gasteiger partial charge in [-0.2, -0.15) is 0 Å². The molecular formula is C29H31F2N5O. The van der Waals surface area contributed by atoms with Crippen molar-refractivity contribution in [2.24, 2.45) is 4.99 Å². The quantitative estimate of drug-likeness (QED) is 0.478. The van der Waals surface area contributed by atoms with Crippen molar-refractivity contribution in [2.45, 2.75) is 31.8 Å². The highest BCUT2D eigenvalue weighted by molar-refractivity contribution is 6.09. The van der Waals surface area contributed by atoms with Crippen LogP contribution in [0.2, 0.25) is 0 Å². The molecule has 0 aliphatic carbocycles. The van der Waals surface area contributed by atoms with Gasteiger partial charge in [-0.05, 0) is 67.8 Å². The van der Waals surface area contributed by atoms with Gasteiger partial charge in [0.15, 0.2) is 5.54 Å². The first-order valence-electron chi connectivity index (χ1n) is 12.7. The monoisotopic (exact) mass is 503 g/mol. The summed E-state index contributed by atoms with van der Waals surface area (Å²) in [6.07, 6.45) is 4.43. The number of hydrogen-bond acceptors (Lipinski definition) is 5. The molecule has 2 aliphatic rings. The Morgan fingerprint density at radius 1 is 0.865 bits per heavy atom. The number of rotatable bonds is 7. The normalized spacial score (nSPS) is 18.7. The standard InChI is InChI=1S/C29H31F2N5O/c1-21(34-17-19-35(20-18-34)27-11-14-32-15-12-27)13-16-36-22(2)33-29(28(36)37,23-3-7-25(30)8-4-23)24-5-9-26(31)10-6-24/h3-12,14-15,21H,13,16-20H2,1-2H3. The molecule has 1 amide bonds. The lowest BCUT2D eigenvalue weighted by Gasteiger charge is -2.39. The number of hydrogen-bond donors (Lipinski definition) is 0. The molecule has 0 saturated carbocycles. The second-order valence-electron chi connectivity index (χ2n) is 9.71. The minimum atomic E-state index is -1.36. The van der Waals surface area contributed by atoms with E-state index in [4.69, 9.17) is 4.99 Å². The molecule has 1 unspecified atom stereocenters. The van der Waals surface area contributed by atoms with Gasteiger partial charge in [0.25, 0.3) is 5.91 Å². The maximum atomic E-state index is 14.0. The maximum Gasteiger partial charge on any atom is 0.265 e. The van der Waals surface area contributed by atoms with Crippen molar-refractivity contribution in [2.75, 3.05) is 37.6 Å². The molecule has 0 N–H and O–H groups in total. The summed E-state index contributed by atoms with van der Waals surface area (Å²) >= 11 is 0. The van der Waals surface area contributed by atoms with E-state index in [-0.39, 0.29) is 23.6 Å². The molecule has 1 atom stereocenters. The number of carbonyl (C=O) groups is 1. The zero-order valence-corrected chi connectivity index (χ0v) is 21.1. The van der Waals surface area contributed by atoms with Gasteiger partial charge >= 0.3 is 0 Å². The number of carbonyl (C=O) groups excluding carboxylic acids is 1. The topological polar surface area (TPSA) is 52.0 Å². The van der Waals surface area contributed by atoms with Gasteiger partial charge in [0, 0.05) is 56.8 Å². The van der Waals surface area contributed by atoms with E-state index in [0.29, 0.717) is 23.5 Å². The van der Waals surface area contributed by atoms with Crippen molar-refractivity contribution in [3.05, 3.63) is 95.8 Å². The van der Waals surface area contributed by atoms with Crippen LogP contribution in [0.5, 0.6) is 0 Å². The van der Waals surface area contributed by atoms with E-state index in [1.54, 1.807) is 29.2 Å². The van der Waals surface area contributed by atoms with E-state index in [2.05, 4.69) is 21.7 Å².